The highest BCUT2D eigenvalue weighted by Crippen LogP contribution is 2.40. The molecular weight excluding hydrogens is 264 g/mol. The number of hydrogen-bond acceptors (Lipinski definition) is 2. The lowest BCUT2D eigenvalue weighted by Crippen LogP contribution is -3.03. The molecule has 0 radical (unpaired) electrons. The number of nitrogens with one attached hydrogen (secondary N) is 1. The number of rotatable bonds is 0. The number of aryl methyl sites for hydroxylation is 1. The molecule has 0 bridgehead atoms. The van der Waals surface area contributed by atoms with Crippen molar-refractivity contribution in [3.63, 3.8) is 0 Å². The van der Waals surface area contributed by atoms with Gasteiger partial charge >= 0.3 is 0 Å². The first-order valence-corrected chi connectivity index (χ1v) is 7.02. The lowest BCUT2D eigenvalue weighted by atomic mass is 9.98. The monoisotopic (exact) mass is 281 g/mol. The number of fused-ring (bicyclic) bond motifs is 5. The summed E-state index contributed by atoms with van der Waals surface area (Å²) in [5.41, 5.74) is 5.70. The average Bonchev–Trinajstić information content (AvgIpc) is 2.71. The molecule has 2 aromatic carbocycles. The third-order valence-corrected chi connectivity index (χ3v) is 4.45. The summed E-state index contributed by atoms with van der Waals surface area (Å²) in [6.07, 6.45) is 0. The Bertz CT molecular complexity index is 880. The smallest absolute Gasteiger partial charge is 0.140 e. The molecule has 0 spiro atoms. The molecule has 21 heavy (non-hydrogen) atoms. The molecule has 4 heteroatoms. The Morgan fingerprint density at radius 1 is 1.05 bits per heavy atom. The Labute approximate surface area is 122 Å². The summed E-state index contributed by atoms with van der Waals surface area (Å²) in [6.45, 7) is 0.869. The van der Waals surface area contributed by atoms with Crippen molar-refractivity contribution in [2.75, 3.05) is 7.05 Å². The van der Waals surface area contributed by atoms with E-state index < -0.39 is 0 Å². The molecule has 0 aliphatic carbocycles. The Kier molecular flexibility index (Phi) is 2.35. The fourth-order valence-electron chi connectivity index (χ4n) is 3.49. The second-order valence-electron chi connectivity index (χ2n) is 5.77. The normalized spacial score (nSPS) is 16.8. The lowest BCUT2D eigenvalue weighted by Gasteiger charge is -2.23. The fourth-order valence-corrected chi connectivity index (χ4v) is 3.49. The number of aromatic nitrogens is 1. The van der Waals surface area contributed by atoms with Gasteiger partial charge in [0, 0.05) is 29.6 Å². The highest BCUT2D eigenvalue weighted by molar-refractivity contribution is 5.95. The largest absolute Gasteiger partial charge is 0.508 e. The molecule has 0 fully saturated rings. The van der Waals surface area contributed by atoms with Gasteiger partial charge in [-0.3, -0.25) is 0 Å². The van der Waals surface area contributed by atoms with Crippen molar-refractivity contribution in [1.82, 2.24) is 4.57 Å². The first-order valence-electron chi connectivity index (χ1n) is 7.02. The number of phenols is 2. The van der Waals surface area contributed by atoms with E-state index in [0.717, 1.165) is 28.7 Å². The third kappa shape index (κ3) is 1.59. The predicted octanol–water partition coefficient (Wildman–Crippen LogP) is 1.92. The molecule has 1 aromatic heterocycles. The van der Waals surface area contributed by atoms with Crippen LogP contribution in [0.3, 0.4) is 0 Å². The van der Waals surface area contributed by atoms with E-state index in [9.17, 15) is 10.2 Å². The molecule has 1 unspecified atom stereocenters. The van der Waals surface area contributed by atoms with Crippen LogP contribution >= 0.6 is 0 Å². The molecular formula is C17H17N2O2+. The third-order valence-electron chi connectivity index (χ3n) is 4.45. The number of benzene rings is 2. The second-order valence-corrected chi connectivity index (χ2v) is 5.77. The van der Waals surface area contributed by atoms with Crippen molar-refractivity contribution in [2.45, 2.75) is 6.54 Å². The van der Waals surface area contributed by atoms with Gasteiger partial charge in [-0.25, -0.2) is 0 Å². The average molecular weight is 281 g/mol. The first kappa shape index (κ1) is 12.3. The molecule has 0 saturated carbocycles. The van der Waals surface area contributed by atoms with Crippen molar-refractivity contribution in [1.29, 1.82) is 0 Å². The van der Waals surface area contributed by atoms with Gasteiger partial charge in [-0.2, -0.15) is 0 Å². The Morgan fingerprint density at radius 2 is 1.76 bits per heavy atom. The zero-order chi connectivity index (χ0) is 14.7. The van der Waals surface area contributed by atoms with Crippen LogP contribution in [0.5, 0.6) is 11.5 Å². The number of phenolic OH excluding ortho intramolecular Hbond substituents is 2. The van der Waals surface area contributed by atoms with E-state index in [-0.39, 0.29) is 11.5 Å². The van der Waals surface area contributed by atoms with Crippen LogP contribution in [0.2, 0.25) is 0 Å². The summed E-state index contributed by atoms with van der Waals surface area (Å²) < 4.78 is 2.15. The number of aromatic hydroxyl groups is 2. The minimum atomic E-state index is 0.280. The molecule has 0 saturated heterocycles. The maximum Gasteiger partial charge on any atom is 0.140 e. The number of quaternary nitrogens is 1. The van der Waals surface area contributed by atoms with Crippen molar-refractivity contribution in [2.24, 2.45) is 7.05 Å². The van der Waals surface area contributed by atoms with Gasteiger partial charge in [-0.15, -0.1) is 0 Å². The van der Waals surface area contributed by atoms with Gasteiger partial charge in [0.15, 0.2) is 0 Å². The van der Waals surface area contributed by atoms with E-state index in [2.05, 4.69) is 11.6 Å². The van der Waals surface area contributed by atoms with Crippen molar-refractivity contribution in [3.8, 4) is 22.8 Å². The fraction of sp³-hybridized carbons (Fsp3) is 0.176. The molecule has 4 nitrogen and oxygen atoms in total. The van der Waals surface area contributed by atoms with Crippen LogP contribution < -0.4 is 4.90 Å². The van der Waals surface area contributed by atoms with Crippen molar-refractivity contribution in [3.05, 3.63) is 42.0 Å². The Hall–Kier alpha value is -2.46. The van der Waals surface area contributed by atoms with Gasteiger partial charge in [0.2, 0.25) is 0 Å². The first-order chi connectivity index (χ1) is 10.1. The summed E-state index contributed by atoms with van der Waals surface area (Å²) in [5.74, 6) is 0.567. The van der Waals surface area contributed by atoms with Gasteiger partial charge in [-0.05, 0) is 30.3 Å². The van der Waals surface area contributed by atoms with Gasteiger partial charge in [0.05, 0.1) is 18.3 Å². The zero-order valence-corrected chi connectivity index (χ0v) is 12.0. The minimum Gasteiger partial charge on any atom is -0.508 e. The Morgan fingerprint density at radius 3 is 2.57 bits per heavy atom. The lowest BCUT2D eigenvalue weighted by molar-refractivity contribution is -0.825. The summed E-state index contributed by atoms with van der Waals surface area (Å²) in [7, 11) is 4.16. The minimum absolute atomic E-state index is 0.280. The van der Waals surface area contributed by atoms with E-state index in [0.29, 0.717) is 0 Å². The van der Waals surface area contributed by atoms with Crippen LogP contribution in [-0.2, 0) is 13.6 Å². The van der Waals surface area contributed by atoms with Crippen molar-refractivity contribution < 1.29 is 15.1 Å². The van der Waals surface area contributed by atoms with Gasteiger partial charge in [0.1, 0.15) is 23.7 Å². The van der Waals surface area contributed by atoms with E-state index in [1.165, 1.54) is 16.2 Å². The standard InChI is InChI=1S/C17H16N2O2/c1-18-9-14-12-7-10(20)4-6-16(12)19(2)17(14)13-8-11(21)3-5-15(13)18/h3-8,20-21H,9H2,1-2H3/p+1. The van der Waals surface area contributed by atoms with Crippen LogP contribution in [0, 0.1) is 0 Å². The van der Waals surface area contributed by atoms with Crippen LogP contribution in [0.1, 0.15) is 5.56 Å². The molecule has 3 N–H and O–H groups in total. The Balaban J connectivity index is 2.14. The predicted molar refractivity (Wildman–Crippen MR) is 81.9 cm³/mol. The topological polar surface area (TPSA) is 49.8 Å². The van der Waals surface area contributed by atoms with Crippen LogP contribution in [0.4, 0.5) is 5.69 Å². The summed E-state index contributed by atoms with van der Waals surface area (Å²) >= 11 is 0. The molecule has 0 amide bonds. The molecule has 1 aliphatic rings. The van der Waals surface area contributed by atoms with Crippen LogP contribution in [0.25, 0.3) is 22.2 Å². The highest BCUT2D eigenvalue weighted by Gasteiger charge is 2.29. The quantitative estimate of drug-likeness (QED) is 0.551. The molecule has 4 rings (SSSR count). The zero-order valence-electron chi connectivity index (χ0n) is 12.0. The summed E-state index contributed by atoms with van der Waals surface area (Å²) in [5, 5.41) is 20.7. The summed E-state index contributed by atoms with van der Waals surface area (Å²) in [4.78, 5) is 1.29. The number of hydrogen-bond donors (Lipinski definition) is 3. The van der Waals surface area contributed by atoms with E-state index >= 15 is 0 Å². The molecule has 106 valence electrons. The maximum atomic E-state index is 9.85. The van der Waals surface area contributed by atoms with Gasteiger partial charge in [-0.1, -0.05) is 0 Å². The van der Waals surface area contributed by atoms with Gasteiger partial charge < -0.3 is 19.7 Å². The van der Waals surface area contributed by atoms with E-state index in [1.807, 2.05) is 31.3 Å². The highest BCUT2D eigenvalue weighted by atomic mass is 16.3. The maximum absolute atomic E-state index is 9.85. The summed E-state index contributed by atoms with van der Waals surface area (Å²) in [6, 6.07) is 11.0. The molecule has 1 atom stereocenters. The number of nitrogens with zero attached hydrogens (tertiary/aromatic N) is 1. The van der Waals surface area contributed by atoms with Crippen molar-refractivity contribution >= 4 is 16.6 Å². The van der Waals surface area contributed by atoms with Crippen LogP contribution in [0.15, 0.2) is 36.4 Å². The van der Waals surface area contributed by atoms with E-state index in [1.54, 1.807) is 12.1 Å². The molecule has 1 aliphatic heterocycles. The van der Waals surface area contributed by atoms with Gasteiger partial charge in [0.25, 0.3) is 0 Å². The molecule has 3 aromatic rings. The second kappa shape index (κ2) is 4.02. The molecule has 2 heterocycles. The van der Waals surface area contributed by atoms with Crippen LogP contribution in [-0.4, -0.2) is 21.8 Å². The SMILES string of the molecule is Cn1c2c(c3cc(O)ccc31)C[NH+](C)c1ccc(O)cc1-2. The van der Waals surface area contributed by atoms with E-state index in [4.69, 9.17) is 0 Å².